The molecule has 1 atom stereocenters. The average Bonchev–Trinajstić information content (AvgIpc) is 2.71. The molecule has 1 heterocycles. The first-order valence-electron chi connectivity index (χ1n) is 7.03. The summed E-state index contributed by atoms with van der Waals surface area (Å²) in [6, 6.07) is 9.89. The number of alkyl halides is 3. The molecule has 1 amide bonds. The molecular formula is C15H19F3N2O. The van der Waals surface area contributed by atoms with Gasteiger partial charge in [0.05, 0.1) is 0 Å². The zero-order valence-electron chi connectivity index (χ0n) is 11.9. The van der Waals surface area contributed by atoms with Crippen molar-refractivity contribution in [1.29, 1.82) is 0 Å². The summed E-state index contributed by atoms with van der Waals surface area (Å²) >= 11 is 0. The van der Waals surface area contributed by atoms with Crippen LogP contribution in [0.15, 0.2) is 30.3 Å². The Morgan fingerprint density at radius 2 is 1.86 bits per heavy atom. The van der Waals surface area contributed by atoms with Crippen LogP contribution < -0.4 is 4.90 Å². The van der Waals surface area contributed by atoms with Crippen LogP contribution in [0.2, 0.25) is 0 Å². The fourth-order valence-corrected chi connectivity index (χ4v) is 2.72. The number of para-hydroxylation sites is 1. The van der Waals surface area contributed by atoms with Crippen LogP contribution in [0.1, 0.15) is 19.3 Å². The summed E-state index contributed by atoms with van der Waals surface area (Å²) in [5.74, 6) is -1.72. The molecule has 0 N–H and O–H groups in total. The predicted octanol–water partition coefficient (Wildman–Crippen LogP) is 3.07. The third-order valence-corrected chi connectivity index (χ3v) is 3.94. The lowest BCUT2D eigenvalue weighted by atomic mass is 10.1. The maximum absolute atomic E-state index is 12.5. The molecule has 0 spiro atoms. The van der Waals surface area contributed by atoms with Gasteiger partial charge in [-0.15, -0.1) is 0 Å². The molecule has 1 aromatic rings. The van der Waals surface area contributed by atoms with Crippen molar-refractivity contribution in [2.45, 2.75) is 31.5 Å². The van der Waals surface area contributed by atoms with Crippen molar-refractivity contribution < 1.29 is 18.0 Å². The highest BCUT2D eigenvalue weighted by atomic mass is 19.4. The van der Waals surface area contributed by atoms with Crippen molar-refractivity contribution in [3.05, 3.63) is 30.3 Å². The lowest BCUT2D eigenvalue weighted by Crippen LogP contribution is -2.42. The van der Waals surface area contributed by atoms with Gasteiger partial charge in [-0.25, -0.2) is 0 Å². The lowest BCUT2D eigenvalue weighted by molar-refractivity contribution is -0.185. The Morgan fingerprint density at radius 1 is 1.19 bits per heavy atom. The van der Waals surface area contributed by atoms with Gasteiger partial charge in [0.15, 0.2) is 0 Å². The second-order valence-corrected chi connectivity index (χ2v) is 5.32. The number of carbonyl (C=O) groups excluding carboxylic acids is 1. The van der Waals surface area contributed by atoms with Crippen molar-refractivity contribution in [1.82, 2.24) is 4.90 Å². The SMILES string of the molecule is CN(c1ccccc1)C1CCCN(C(=O)C(F)(F)F)CC1. The van der Waals surface area contributed by atoms with Gasteiger partial charge in [-0.05, 0) is 31.4 Å². The summed E-state index contributed by atoms with van der Waals surface area (Å²) in [7, 11) is 1.95. The van der Waals surface area contributed by atoms with Crippen LogP contribution in [0.4, 0.5) is 18.9 Å². The Labute approximate surface area is 122 Å². The van der Waals surface area contributed by atoms with Gasteiger partial charge < -0.3 is 9.80 Å². The molecule has 3 nitrogen and oxygen atoms in total. The summed E-state index contributed by atoms with van der Waals surface area (Å²) < 4.78 is 37.5. The van der Waals surface area contributed by atoms with Gasteiger partial charge in [0.1, 0.15) is 0 Å². The summed E-state index contributed by atoms with van der Waals surface area (Å²) in [5.41, 5.74) is 1.04. The summed E-state index contributed by atoms with van der Waals surface area (Å²) in [6.07, 6.45) is -2.85. The van der Waals surface area contributed by atoms with Gasteiger partial charge in [-0.2, -0.15) is 13.2 Å². The highest BCUT2D eigenvalue weighted by Crippen LogP contribution is 2.25. The number of likely N-dealkylation sites (tertiary alicyclic amines) is 1. The molecule has 116 valence electrons. The largest absolute Gasteiger partial charge is 0.471 e. The standard InChI is InChI=1S/C15H19F3N2O/c1-19(12-6-3-2-4-7-12)13-8-5-10-20(11-9-13)14(21)15(16,17)18/h2-4,6-7,13H,5,8-11H2,1H3. The minimum Gasteiger partial charge on any atom is -0.372 e. The first kappa shape index (κ1) is 15.7. The van der Waals surface area contributed by atoms with E-state index in [0.29, 0.717) is 12.8 Å². The zero-order valence-corrected chi connectivity index (χ0v) is 11.9. The number of halogens is 3. The van der Waals surface area contributed by atoms with Crippen LogP contribution in [-0.4, -0.2) is 43.2 Å². The Hall–Kier alpha value is -1.72. The number of carbonyl (C=O) groups is 1. The molecule has 0 aromatic heterocycles. The van der Waals surface area contributed by atoms with Crippen LogP contribution in [0, 0.1) is 0 Å². The lowest BCUT2D eigenvalue weighted by Gasteiger charge is -2.29. The second-order valence-electron chi connectivity index (χ2n) is 5.32. The third-order valence-electron chi connectivity index (χ3n) is 3.94. The number of anilines is 1. The number of nitrogens with zero attached hydrogens (tertiary/aromatic N) is 2. The minimum absolute atomic E-state index is 0.151. The smallest absolute Gasteiger partial charge is 0.372 e. The van der Waals surface area contributed by atoms with Crippen LogP contribution in [0.25, 0.3) is 0 Å². The maximum atomic E-state index is 12.5. The monoisotopic (exact) mass is 300 g/mol. The van der Waals surface area contributed by atoms with Gasteiger partial charge in [0.25, 0.3) is 0 Å². The molecule has 0 aliphatic carbocycles. The van der Waals surface area contributed by atoms with E-state index in [2.05, 4.69) is 4.90 Å². The number of rotatable bonds is 2. The zero-order chi connectivity index (χ0) is 15.5. The van der Waals surface area contributed by atoms with E-state index in [4.69, 9.17) is 0 Å². The Morgan fingerprint density at radius 3 is 2.48 bits per heavy atom. The molecule has 1 aromatic carbocycles. The molecule has 0 bridgehead atoms. The minimum atomic E-state index is -4.77. The number of amides is 1. The maximum Gasteiger partial charge on any atom is 0.471 e. The highest BCUT2D eigenvalue weighted by Gasteiger charge is 2.42. The van der Waals surface area contributed by atoms with E-state index in [1.807, 2.05) is 37.4 Å². The topological polar surface area (TPSA) is 23.6 Å². The quantitative estimate of drug-likeness (QED) is 0.838. The van der Waals surface area contributed by atoms with Gasteiger partial charge in [0.2, 0.25) is 0 Å². The van der Waals surface area contributed by atoms with Crippen molar-refractivity contribution in [2.24, 2.45) is 0 Å². The molecule has 2 rings (SSSR count). The van der Waals surface area contributed by atoms with E-state index in [9.17, 15) is 18.0 Å². The average molecular weight is 300 g/mol. The summed E-state index contributed by atoms with van der Waals surface area (Å²) in [6.45, 7) is 0.331. The Bertz CT molecular complexity index is 476. The van der Waals surface area contributed by atoms with E-state index in [-0.39, 0.29) is 19.1 Å². The second kappa shape index (κ2) is 6.37. The predicted molar refractivity (Wildman–Crippen MR) is 75.1 cm³/mol. The fourth-order valence-electron chi connectivity index (χ4n) is 2.72. The van der Waals surface area contributed by atoms with Gasteiger partial charge >= 0.3 is 12.1 Å². The van der Waals surface area contributed by atoms with Crippen LogP contribution in [0.5, 0.6) is 0 Å². The molecule has 0 saturated carbocycles. The number of hydrogen-bond acceptors (Lipinski definition) is 2. The van der Waals surface area contributed by atoms with E-state index in [0.717, 1.165) is 17.0 Å². The van der Waals surface area contributed by atoms with E-state index in [1.54, 1.807) is 0 Å². The fraction of sp³-hybridized carbons (Fsp3) is 0.533. The van der Waals surface area contributed by atoms with Crippen LogP contribution in [0.3, 0.4) is 0 Å². The van der Waals surface area contributed by atoms with Crippen LogP contribution >= 0.6 is 0 Å². The van der Waals surface area contributed by atoms with Crippen molar-refractivity contribution in [3.8, 4) is 0 Å². The molecular weight excluding hydrogens is 281 g/mol. The normalized spacial score (nSPS) is 20.0. The van der Waals surface area contributed by atoms with E-state index in [1.165, 1.54) is 0 Å². The molecule has 1 fully saturated rings. The first-order chi connectivity index (χ1) is 9.89. The number of hydrogen-bond donors (Lipinski definition) is 0. The van der Waals surface area contributed by atoms with Gasteiger partial charge in [0, 0.05) is 31.9 Å². The van der Waals surface area contributed by atoms with Crippen molar-refractivity contribution in [2.75, 3.05) is 25.0 Å². The molecule has 1 aliphatic rings. The van der Waals surface area contributed by atoms with Gasteiger partial charge in [-0.3, -0.25) is 4.79 Å². The Balaban J connectivity index is 1.99. The van der Waals surface area contributed by atoms with Crippen molar-refractivity contribution >= 4 is 11.6 Å². The first-order valence-corrected chi connectivity index (χ1v) is 7.03. The molecule has 1 saturated heterocycles. The van der Waals surface area contributed by atoms with E-state index >= 15 is 0 Å². The Kier molecular flexibility index (Phi) is 4.75. The summed E-state index contributed by atoms with van der Waals surface area (Å²) in [5, 5.41) is 0. The summed E-state index contributed by atoms with van der Waals surface area (Å²) in [4.78, 5) is 14.3. The molecule has 1 unspecified atom stereocenters. The highest BCUT2D eigenvalue weighted by molar-refractivity contribution is 5.81. The molecule has 1 aliphatic heterocycles. The molecule has 0 radical (unpaired) electrons. The molecule has 6 heteroatoms. The van der Waals surface area contributed by atoms with Crippen molar-refractivity contribution in [3.63, 3.8) is 0 Å². The number of benzene rings is 1. The van der Waals surface area contributed by atoms with E-state index < -0.39 is 12.1 Å². The third kappa shape index (κ3) is 3.89. The van der Waals surface area contributed by atoms with Crippen LogP contribution in [-0.2, 0) is 4.79 Å². The van der Waals surface area contributed by atoms with Gasteiger partial charge in [-0.1, -0.05) is 18.2 Å². The molecule has 21 heavy (non-hydrogen) atoms.